The van der Waals surface area contributed by atoms with E-state index in [9.17, 15) is 9.59 Å². The Labute approximate surface area is 101 Å². The molecule has 0 aromatic carbocycles. The summed E-state index contributed by atoms with van der Waals surface area (Å²) in [5.41, 5.74) is 0. The van der Waals surface area contributed by atoms with Gasteiger partial charge in [-0.1, -0.05) is 0 Å². The van der Waals surface area contributed by atoms with Crippen molar-refractivity contribution in [2.24, 2.45) is 0 Å². The number of hydrogen-bond acceptors (Lipinski definition) is 3. The highest BCUT2D eigenvalue weighted by Gasteiger charge is 2.13. The molecular formula is C11H20N2O4. The van der Waals surface area contributed by atoms with Crippen molar-refractivity contribution in [2.45, 2.75) is 38.2 Å². The molecule has 1 rings (SSSR count). The van der Waals surface area contributed by atoms with Crippen LogP contribution in [0, 0.1) is 0 Å². The standard InChI is InChI=1S/C11H20N2O4/c14-10(15)5-7-13-11(16)12-6-4-9-3-1-2-8-17-9/h9H,1-8H2,(H,14,15)(H2,12,13,16). The van der Waals surface area contributed by atoms with Gasteiger partial charge in [-0.05, 0) is 25.7 Å². The Morgan fingerprint density at radius 1 is 1.24 bits per heavy atom. The number of rotatable bonds is 6. The molecule has 1 heterocycles. The van der Waals surface area contributed by atoms with Crippen molar-refractivity contribution in [3.63, 3.8) is 0 Å². The van der Waals surface area contributed by atoms with Gasteiger partial charge >= 0.3 is 12.0 Å². The Balaban J connectivity index is 1.97. The van der Waals surface area contributed by atoms with E-state index >= 15 is 0 Å². The first-order valence-corrected chi connectivity index (χ1v) is 6.03. The summed E-state index contributed by atoms with van der Waals surface area (Å²) in [5.74, 6) is -0.916. The van der Waals surface area contributed by atoms with Gasteiger partial charge in [0.05, 0.1) is 12.5 Å². The minimum Gasteiger partial charge on any atom is -0.481 e. The molecule has 1 aliphatic rings. The highest BCUT2D eigenvalue weighted by Crippen LogP contribution is 2.14. The maximum absolute atomic E-state index is 11.2. The predicted molar refractivity (Wildman–Crippen MR) is 61.9 cm³/mol. The van der Waals surface area contributed by atoms with Crippen molar-refractivity contribution >= 4 is 12.0 Å². The summed E-state index contributed by atoms with van der Waals surface area (Å²) in [6.45, 7) is 1.53. The molecule has 2 amide bonds. The number of hydrogen-bond donors (Lipinski definition) is 3. The van der Waals surface area contributed by atoms with Crippen LogP contribution >= 0.6 is 0 Å². The summed E-state index contributed by atoms with van der Waals surface area (Å²) in [7, 11) is 0. The van der Waals surface area contributed by atoms with Crippen molar-refractivity contribution < 1.29 is 19.4 Å². The maximum atomic E-state index is 11.2. The Hall–Kier alpha value is -1.30. The molecule has 17 heavy (non-hydrogen) atoms. The lowest BCUT2D eigenvalue weighted by molar-refractivity contribution is -0.136. The second-order valence-corrected chi connectivity index (χ2v) is 4.10. The molecular weight excluding hydrogens is 224 g/mol. The van der Waals surface area contributed by atoms with Gasteiger partial charge in [-0.2, -0.15) is 0 Å². The number of nitrogens with one attached hydrogen (secondary N) is 2. The van der Waals surface area contributed by atoms with Crippen LogP contribution in [0.1, 0.15) is 32.1 Å². The summed E-state index contributed by atoms with van der Waals surface area (Å²) in [6.07, 6.45) is 4.38. The molecule has 6 nitrogen and oxygen atoms in total. The summed E-state index contributed by atoms with van der Waals surface area (Å²) >= 11 is 0. The smallest absolute Gasteiger partial charge is 0.314 e. The zero-order chi connectivity index (χ0) is 12.5. The van der Waals surface area contributed by atoms with Gasteiger partial charge in [-0.3, -0.25) is 4.79 Å². The predicted octanol–water partition coefficient (Wildman–Crippen LogP) is 0.719. The number of carboxylic acid groups (broad SMARTS) is 1. The lowest BCUT2D eigenvalue weighted by atomic mass is 10.1. The Morgan fingerprint density at radius 3 is 2.65 bits per heavy atom. The van der Waals surface area contributed by atoms with E-state index in [-0.39, 0.29) is 25.1 Å². The highest BCUT2D eigenvalue weighted by atomic mass is 16.5. The first-order chi connectivity index (χ1) is 8.18. The number of ether oxygens (including phenoxy) is 1. The fourth-order valence-electron chi connectivity index (χ4n) is 1.73. The molecule has 0 aromatic heterocycles. The van der Waals surface area contributed by atoms with E-state index in [0.717, 1.165) is 25.9 Å². The number of amides is 2. The van der Waals surface area contributed by atoms with Crippen LogP contribution in [-0.2, 0) is 9.53 Å². The van der Waals surface area contributed by atoms with Crippen LogP contribution in [0.3, 0.4) is 0 Å². The molecule has 1 aliphatic heterocycles. The van der Waals surface area contributed by atoms with E-state index in [1.165, 1.54) is 6.42 Å². The van der Waals surface area contributed by atoms with E-state index in [0.29, 0.717) is 6.54 Å². The second kappa shape index (κ2) is 7.89. The van der Waals surface area contributed by atoms with Crippen molar-refractivity contribution in [1.29, 1.82) is 0 Å². The zero-order valence-corrected chi connectivity index (χ0v) is 9.91. The summed E-state index contributed by atoms with van der Waals surface area (Å²) in [5, 5.41) is 13.5. The molecule has 0 radical (unpaired) electrons. The molecule has 1 saturated heterocycles. The maximum Gasteiger partial charge on any atom is 0.314 e. The molecule has 0 bridgehead atoms. The van der Waals surface area contributed by atoms with Gasteiger partial charge in [0.1, 0.15) is 0 Å². The van der Waals surface area contributed by atoms with E-state index in [1.807, 2.05) is 0 Å². The molecule has 0 aromatic rings. The first-order valence-electron chi connectivity index (χ1n) is 6.03. The van der Waals surface area contributed by atoms with Gasteiger partial charge in [0, 0.05) is 19.7 Å². The van der Waals surface area contributed by atoms with Crippen LogP contribution in [0.4, 0.5) is 4.79 Å². The van der Waals surface area contributed by atoms with Gasteiger partial charge in [-0.15, -0.1) is 0 Å². The average Bonchev–Trinajstić information content (AvgIpc) is 2.30. The summed E-state index contributed by atoms with van der Waals surface area (Å²) in [6, 6.07) is -0.318. The van der Waals surface area contributed by atoms with Crippen LogP contribution in [0.5, 0.6) is 0 Å². The van der Waals surface area contributed by atoms with Gasteiger partial charge in [0.2, 0.25) is 0 Å². The van der Waals surface area contributed by atoms with Crippen molar-refractivity contribution in [2.75, 3.05) is 19.7 Å². The lowest BCUT2D eigenvalue weighted by Crippen LogP contribution is -2.38. The number of urea groups is 1. The van der Waals surface area contributed by atoms with E-state index in [4.69, 9.17) is 9.84 Å². The lowest BCUT2D eigenvalue weighted by Gasteiger charge is -2.22. The highest BCUT2D eigenvalue weighted by molar-refractivity contribution is 5.74. The van der Waals surface area contributed by atoms with Gasteiger partial charge < -0.3 is 20.5 Å². The topological polar surface area (TPSA) is 87.7 Å². The third-order valence-electron chi connectivity index (χ3n) is 2.65. The van der Waals surface area contributed by atoms with Gasteiger partial charge in [-0.25, -0.2) is 4.79 Å². The number of carbonyl (C=O) groups is 2. The molecule has 1 unspecified atom stereocenters. The molecule has 3 N–H and O–H groups in total. The normalized spacial score (nSPS) is 19.6. The number of carbonyl (C=O) groups excluding carboxylic acids is 1. The second-order valence-electron chi connectivity index (χ2n) is 4.10. The third kappa shape index (κ3) is 6.78. The SMILES string of the molecule is O=C(O)CCNC(=O)NCCC1CCCCO1. The van der Waals surface area contributed by atoms with Crippen LogP contribution in [0.25, 0.3) is 0 Å². The fourth-order valence-corrected chi connectivity index (χ4v) is 1.73. The molecule has 6 heteroatoms. The number of carboxylic acids is 1. The fraction of sp³-hybridized carbons (Fsp3) is 0.818. The van der Waals surface area contributed by atoms with Crippen LogP contribution in [-0.4, -0.2) is 42.9 Å². The summed E-state index contributed by atoms with van der Waals surface area (Å²) in [4.78, 5) is 21.4. The Bertz CT molecular complexity index is 252. The average molecular weight is 244 g/mol. The zero-order valence-electron chi connectivity index (χ0n) is 9.91. The van der Waals surface area contributed by atoms with E-state index in [1.54, 1.807) is 0 Å². The molecule has 1 fully saturated rings. The van der Waals surface area contributed by atoms with Crippen molar-refractivity contribution in [3.05, 3.63) is 0 Å². The molecule has 1 atom stereocenters. The number of aliphatic carboxylic acids is 1. The van der Waals surface area contributed by atoms with Gasteiger partial charge in [0.15, 0.2) is 0 Å². The minimum atomic E-state index is -0.916. The molecule has 0 spiro atoms. The third-order valence-corrected chi connectivity index (χ3v) is 2.65. The van der Waals surface area contributed by atoms with Crippen LogP contribution < -0.4 is 10.6 Å². The van der Waals surface area contributed by atoms with Crippen LogP contribution in [0.2, 0.25) is 0 Å². The summed E-state index contributed by atoms with van der Waals surface area (Å²) < 4.78 is 5.52. The van der Waals surface area contributed by atoms with E-state index < -0.39 is 5.97 Å². The Kier molecular flexibility index (Phi) is 6.39. The monoisotopic (exact) mass is 244 g/mol. The van der Waals surface area contributed by atoms with Crippen LogP contribution in [0.15, 0.2) is 0 Å². The largest absolute Gasteiger partial charge is 0.481 e. The molecule has 0 saturated carbocycles. The van der Waals surface area contributed by atoms with Gasteiger partial charge in [0.25, 0.3) is 0 Å². The molecule has 0 aliphatic carbocycles. The quantitative estimate of drug-likeness (QED) is 0.642. The Morgan fingerprint density at radius 2 is 2.00 bits per heavy atom. The minimum absolute atomic E-state index is 0.0564. The van der Waals surface area contributed by atoms with E-state index in [2.05, 4.69) is 10.6 Å². The van der Waals surface area contributed by atoms with Crippen molar-refractivity contribution in [1.82, 2.24) is 10.6 Å². The molecule has 98 valence electrons. The first kappa shape index (κ1) is 13.8. The van der Waals surface area contributed by atoms with Crippen molar-refractivity contribution in [3.8, 4) is 0 Å².